The second kappa shape index (κ2) is 3.09. The molecule has 76 valence electrons. The number of rotatable bonds is 0. The third kappa shape index (κ3) is 1.57. The molecular weight excluding hydrogens is 170 g/mol. The van der Waals surface area contributed by atoms with E-state index in [0.717, 1.165) is 6.54 Å². The van der Waals surface area contributed by atoms with Crippen LogP contribution in [0.3, 0.4) is 0 Å². The SMILES string of the molecule is Cc1ccc2c(c1)CNC2C(C)(C)C. The van der Waals surface area contributed by atoms with Crippen LogP contribution in [0.1, 0.15) is 43.5 Å². The minimum Gasteiger partial charge on any atom is -0.305 e. The first kappa shape index (κ1) is 9.72. The molecule has 1 nitrogen and oxygen atoms in total. The van der Waals surface area contributed by atoms with Gasteiger partial charge < -0.3 is 5.32 Å². The first-order chi connectivity index (χ1) is 6.48. The third-order valence-electron chi connectivity index (χ3n) is 2.97. The minimum absolute atomic E-state index is 0.306. The molecule has 0 aliphatic carbocycles. The Morgan fingerprint density at radius 3 is 2.64 bits per heavy atom. The molecule has 0 bridgehead atoms. The average Bonchev–Trinajstić information content (AvgIpc) is 2.45. The molecule has 0 spiro atoms. The fourth-order valence-corrected chi connectivity index (χ4v) is 2.26. The van der Waals surface area contributed by atoms with Gasteiger partial charge in [-0.3, -0.25) is 0 Å². The van der Waals surface area contributed by atoms with Crippen LogP contribution in [0.5, 0.6) is 0 Å². The van der Waals surface area contributed by atoms with Crippen LogP contribution in [-0.4, -0.2) is 0 Å². The van der Waals surface area contributed by atoms with E-state index in [2.05, 4.69) is 51.2 Å². The topological polar surface area (TPSA) is 12.0 Å². The monoisotopic (exact) mass is 189 g/mol. The second-order valence-electron chi connectivity index (χ2n) is 5.38. The summed E-state index contributed by atoms with van der Waals surface area (Å²) in [5.41, 5.74) is 4.63. The van der Waals surface area contributed by atoms with Crippen molar-refractivity contribution in [2.75, 3.05) is 0 Å². The number of hydrogen-bond donors (Lipinski definition) is 1. The van der Waals surface area contributed by atoms with Gasteiger partial charge in [-0.1, -0.05) is 44.5 Å². The molecule has 14 heavy (non-hydrogen) atoms. The largest absolute Gasteiger partial charge is 0.305 e. The number of nitrogens with one attached hydrogen (secondary N) is 1. The first-order valence-corrected chi connectivity index (χ1v) is 5.31. The zero-order valence-electron chi connectivity index (χ0n) is 9.52. The lowest BCUT2D eigenvalue weighted by molar-refractivity contribution is 0.288. The van der Waals surface area contributed by atoms with E-state index in [1.807, 2.05) is 0 Å². The maximum atomic E-state index is 3.59. The number of fused-ring (bicyclic) bond motifs is 1. The highest BCUT2D eigenvalue weighted by Crippen LogP contribution is 2.38. The molecule has 1 unspecified atom stereocenters. The Labute approximate surface area is 86.5 Å². The summed E-state index contributed by atoms with van der Waals surface area (Å²) in [4.78, 5) is 0. The highest BCUT2D eigenvalue weighted by atomic mass is 15.0. The van der Waals surface area contributed by atoms with Gasteiger partial charge in [-0.2, -0.15) is 0 Å². The van der Waals surface area contributed by atoms with E-state index in [1.54, 1.807) is 0 Å². The Hall–Kier alpha value is -0.820. The van der Waals surface area contributed by atoms with Crippen molar-refractivity contribution < 1.29 is 0 Å². The van der Waals surface area contributed by atoms with Crippen molar-refractivity contribution in [3.8, 4) is 0 Å². The molecule has 1 N–H and O–H groups in total. The molecule has 0 amide bonds. The summed E-state index contributed by atoms with van der Waals surface area (Å²) >= 11 is 0. The van der Waals surface area contributed by atoms with Crippen molar-refractivity contribution in [3.05, 3.63) is 34.9 Å². The maximum Gasteiger partial charge on any atom is 0.0375 e. The molecule has 2 rings (SSSR count). The summed E-state index contributed by atoms with van der Waals surface area (Å²) in [5.74, 6) is 0. The third-order valence-corrected chi connectivity index (χ3v) is 2.97. The van der Waals surface area contributed by atoms with Gasteiger partial charge in [0.2, 0.25) is 0 Å². The Morgan fingerprint density at radius 1 is 1.29 bits per heavy atom. The minimum atomic E-state index is 0.306. The number of aryl methyl sites for hydroxylation is 1. The second-order valence-corrected chi connectivity index (χ2v) is 5.38. The smallest absolute Gasteiger partial charge is 0.0375 e. The molecule has 1 heterocycles. The molecule has 0 aromatic heterocycles. The zero-order chi connectivity index (χ0) is 10.3. The van der Waals surface area contributed by atoms with Gasteiger partial charge >= 0.3 is 0 Å². The fraction of sp³-hybridized carbons (Fsp3) is 0.538. The van der Waals surface area contributed by atoms with Crippen LogP contribution in [0.2, 0.25) is 0 Å². The van der Waals surface area contributed by atoms with E-state index < -0.39 is 0 Å². The Balaban J connectivity index is 2.41. The number of hydrogen-bond acceptors (Lipinski definition) is 1. The molecular formula is C13H19N. The molecule has 1 aromatic carbocycles. The van der Waals surface area contributed by atoms with Crippen molar-refractivity contribution in [1.82, 2.24) is 5.32 Å². The van der Waals surface area contributed by atoms with Gasteiger partial charge in [0.15, 0.2) is 0 Å². The quantitative estimate of drug-likeness (QED) is 0.661. The van der Waals surface area contributed by atoms with Crippen molar-refractivity contribution in [3.63, 3.8) is 0 Å². The van der Waals surface area contributed by atoms with Gasteiger partial charge in [0, 0.05) is 12.6 Å². The predicted octanol–water partition coefficient (Wildman–Crippen LogP) is 3.19. The molecule has 1 aliphatic heterocycles. The molecule has 0 saturated carbocycles. The molecule has 1 heteroatoms. The van der Waals surface area contributed by atoms with Crippen LogP contribution < -0.4 is 5.32 Å². The number of benzene rings is 1. The summed E-state index contributed by atoms with van der Waals surface area (Å²) in [6.45, 7) is 10.1. The van der Waals surface area contributed by atoms with Gasteiger partial charge in [0.05, 0.1) is 0 Å². The van der Waals surface area contributed by atoms with Crippen LogP contribution in [0.4, 0.5) is 0 Å². The van der Waals surface area contributed by atoms with E-state index in [9.17, 15) is 0 Å². The van der Waals surface area contributed by atoms with Crippen molar-refractivity contribution in [1.29, 1.82) is 0 Å². The van der Waals surface area contributed by atoms with Crippen molar-refractivity contribution in [2.45, 2.75) is 40.3 Å². The van der Waals surface area contributed by atoms with Crippen molar-refractivity contribution in [2.24, 2.45) is 5.41 Å². The standard InChI is InChI=1S/C13H19N/c1-9-5-6-11-10(7-9)8-14-12(11)13(2,3)4/h5-7,12,14H,8H2,1-4H3. The maximum absolute atomic E-state index is 3.59. The molecule has 0 radical (unpaired) electrons. The highest BCUT2D eigenvalue weighted by molar-refractivity contribution is 5.37. The van der Waals surface area contributed by atoms with Crippen LogP contribution in [0, 0.1) is 12.3 Å². The Bertz CT molecular complexity index is 347. The normalized spacial score (nSPS) is 21.0. The predicted molar refractivity (Wildman–Crippen MR) is 60.2 cm³/mol. The Morgan fingerprint density at radius 2 is 2.00 bits per heavy atom. The lowest BCUT2D eigenvalue weighted by Crippen LogP contribution is -2.26. The molecule has 1 aliphatic rings. The van der Waals surface area contributed by atoms with Gasteiger partial charge in [-0.15, -0.1) is 0 Å². The summed E-state index contributed by atoms with van der Waals surface area (Å²) < 4.78 is 0. The van der Waals surface area contributed by atoms with E-state index in [1.165, 1.54) is 16.7 Å². The summed E-state index contributed by atoms with van der Waals surface area (Å²) in [5, 5.41) is 3.59. The van der Waals surface area contributed by atoms with Crippen LogP contribution in [0.15, 0.2) is 18.2 Å². The van der Waals surface area contributed by atoms with Gasteiger partial charge in [-0.05, 0) is 23.5 Å². The van der Waals surface area contributed by atoms with E-state index >= 15 is 0 Å². The highest BCUT2D eigenvalue weighted by Gasteiger charge is 2.31. The molecule has 1 atom stereocenters. The lowest BCUT2D eigenvalue weighted by atomic mass is 9.83. The van der Waals surface area contributed by atoms with Gasteiger partial charge in [-0.25, -0.2) is 0 Å². The van der Waals surface area contributed by atoms with E-state index in [0.29, 0.717) is 11.5 Å². The Kier molecular flexibility index (Phi) is 2.15. The van der Waals surface area contributed by atoms with E-state index in [4.69, 9.17) is 0 Å². The van der Waals surface area contributed by atoms with Crippen molar-refractivity contribution >= 4 is 0 Å². The first-order valence-electron chi connectivity index (χ1n) is 5.31. The lowest BCUT2D eigenvalue weighted by Gasteiger charge is -2.28. The van der Waals surface area contributed by atoms with Crippen LogP contribution >= 0.6 is 0 Å². The molecule has 0 fully saturated rings. The average molecular weight is 189 g/mol. The summed E-state index contributed by atoms with van der Waals surface area (Å²) in [6.07, 6.45) is 0. The summed E-state index contributed by atoms with van der Waals surface area (Å²) in [6, 6.07) is 7.30. The van der Waals surface area contributed by atoms with Crippen LogP contribution in [0.25, 0.3) is 0 Å². The molecule has 0 saturated heterocycles. The summed E-state index contributed by atoms with van der Waals surface area (Å²) in [7, 11) is 0. The molecule has 1 aromatic rings. The zero-order valence-corrected chi connectivity index (χ0v) is 9.52. The fourth-order valence-electron chi connectivity index (χ4n) is 2.26. The van der Waals surface area contributed by atoms with Gasteiger partial charge in [0.25, 0.3) is 0 Å². The van der Waals surface area contributed by atoms with Crippen LogP contribution in [-0.2, 0) is 6.54 Å². The van der Waals surface area contributed by atoms with Gasteiger partial charge in [0.1, 0.15) is 0 Å². The van der Waals surface area contributed by atoms with E-state index in [-0.39, 0.29) is 0 Å².